The van der Waals surface area contributed by atoms with Crippen LogP contribution in [-0.2, 0) is 10.0 Å². The molecule has 74 valence electrons. The molecule has 0 radical (unpaired) electrons. The van der Waals surface area contributed by atoms with Gasteiger partial charge in [-0.15, -0.1) is 0 Å². The Balaban J connectivity index is 0.000000561. The van der Waals surface area contributed by atoms with E-state index in [2.05, 4.69) is 4.72 Å². The van der Waals surface area contributed by atoms with Gasteiger partial charge in [0.2, 0.25) is 10.0 Å². The quantitative estimate of drug-likeness (QED) is 0.722. The number of sulfonamides is 1. The molecule has 1 fully saturated rings. The molecule has 3 nitrogen and oxygen atoms in total. The molecule has 1 aliphatic rings. The number of rotatable bonds is 2. The monoisotopic (exact) mass is 193 g/mol. The predicted octanol–water partition coefficient (Wildman–Crippen LogP) is 1.50. The summed E-state index contributed by atoms with van der Waals surface area (Å²) in [4.78, 5) is 0. The molecule has 0 aromatic heterocycles. The molecule has 0 aliphatic heterocycles. The zero-order valence-corrected chi connectivity index (χ0v) is 8.95. The average molecular weight is 193 g/mol. The smallest absolute Gasteiger partial charge is 0.208 e. The van der Waals surface area contributed by atoms with E-state index in [4.69, 9.17) is 0 Å². The van der Waals surface area contributed by atoms with E-state index in [-0.39, 0.29) is 6.04 Å². The van der Waals surface area contributed by atoms with Gasteiger partial charge in [0.15, 0.2) is 0 Å². The minimum Gasteiger partial charge on any atom is -0.213 e. The van der Waals surface area contributed by atoms with Crippen LogP contribution in [-0.4, -0.2) is 20.7 Å². The van der Waals surface area contributed by atoms with Crippen LogP contribution in [0.5, 0.6) is 0 Å². The Morgan fingerprint density at radius 3 is 1.92 bits per heavy atom. The summed E-state index contributed by atoms with van der Waals surface area (Å²) in [5.74, 6) is 0. The SMILES string of the molecule is CC.CS(=O)(=O)NC1CCCC1. The van der Waals surface area contributed by atoms with Gasteiger partial charge in [0.1, 0.15) is 0 Å². The first kappa shape index (κ1) is 11.9. The maximum absolute atomic E-state index is 10.7. The Labute approximate surface area is 75.6 Å². The van der Waals surface area contributed by atoms with Gasteiger partial charge >= 0.3 is 0 Å². The molecule has 12 heavy (non-hydrogen) atoms. The molecule has 1 N–H and O–H groups in total. The van der Waals surface area contributed by atoms with Gasteiger partial charge in [0.05, 0.1) is 6.26 Å². The highest BCUT2D eigenvalue weighted by atomic mass is 32.2. The number of nitrogens with one attached hydrogen (secondary N) is 1. The topological polar surface area (TPSA) is 46.2 Å². The lowest BCUT2D eigenvalue weighted by molar-refractivity contribution is 0.558. The van der Waals surface area contributed by atoms with Crippen molar-refractivity contribution in [3.63, 3.8) is 0 Å². The van der Waals surface area contributed by atoms with Gasteiger partial charge in [-0.3, -0.25) is 0 Å². The van der Waals surface area contributed by atoms with Gasteiger partial charge in [-0.2, -0.15) is 0 Å². The Bertz CT molecular complexity index is 193. The lowest BCUT2D eigenvalue weighted by atomic mass is 10.3. The molecule has 1 rings (SSSR count). The fourth-order valence-electron chi connectivity index (χ4n) is 1.35. The summed E-state index contributed by atoms with van der Waals surface area (Å²) in [7, 11) is -2.96. The van der Waals surface area contributed by atoms with E-state index in [0.717, 1.165) is 25.7 Å². The van der Waals surface area contributed by atoms with Crippen LogP contribution in [0.3, 0.4) is 0 Å². The first-order chi connectivity index (χ1) is 5.58. The predicted molar refractivity (Wildman–Crippen MR) is 51.6 cm³/mol. The van der Waals surface area contributed by atoms with Crippen molar-refractivity contribution in [2.45, 2.75) is 45.6 Å². The Kier molecular flexibility index (Phi) is 5.50. The molecule has 0 heterocycles. The van der Waals surface area contributed by atoms with Crippen LogP contribution in [0.4, 0.5) is 0 Å². The lowest BCUT2D eigenvalue weighted by Gasteiger charge is -2.07. The van der Waals surface area contributed by atoms with Crippen LogP contribution in [0, 0.1) is 0 Å². The average Bonchev–Trinajstić information content (AvgIpc) is 2.41. The fraction of sp³-hybridized carbons (Fsp3) is 1.00. The summed E-state index contributed by atoms with van der Waals surface area (Å²) in [5.41, 5.74) is 0. The van der Waals surface area contributed by atoms with Crippen LogP contribution < -0.4 is 4.72 Å². The van der Waals surface area contributed by atoms with Crippen molar-refractivity contribution in [3.05, 3.63) is 0 Å². The molecular formula is C8H19NO2S. The van der Waals surface area contributed by atoms with Gasteiger partial charge in [-0.25, -0.2) is 13.1 Å². The van der Waals surface area contributed by atoms with Crippen molar-refractivity contribution in [2.24, 2.45) is 0 Å². The molecule has 0 aromatic rings. The van der Waals surface area contributed by atoms with Crippen LogP contribution in [0.25, 0.3) is 0 Å². The molecular weight excluding hydrogens is 174 g/mol. The highest BCUT2D eigenvalue weighted by molar-refractivity contribution is 7.88. The third-order valence-corrected chi connectivity index (χ3v) is 2.50. The van der Waals surface area contributed by atoms with E-state index in [0.29, 0.717) is 0 Å². The molecule has 1 aliphatic carbocycles. The largest absolute Gasteiger partial charge is 0.213 e. The molecule has 0 aromatic carbocycles. The minimum atomic E-state index is -2.96. The fourth-order valence-corrected chi connectivity index (χ4v) is 2.19. The van der Waals surface area contributed by atoms with Gasteiger partial charge < -0.3 is 0 Å². The summed E-state index contributed by atoms with van der Waals surface area (Å²) >= 11 is 0. The highest BCUT2D eigenvalue weighted by Gasteiger charge is 2.17. The Morgan fingerprint density at radius 2 is 1.58 bits per heavy atom. The second-order valence-electron chi connectivity index (χ2n) is 2.87. The van der Waals surface area contributed by atoms with Crippen LogP contribution in [0.2, 0.25) is 0 Å². The first-order valence-electron chi connectivity index (χ1n) is 4.55. The third kappa shape index (κ3) is 5.55. The summed E-state index contributed by atoms with van der Waals surface area (Å²) in [5, 5.41) is 0. The van der Waals surface area contributed by atoms with E-state index in [1.54, 1.807) is 0 Å². The van der Waals surface area contributed by atoms with Crippen molar-refractivity contribution < 1.29 is 8.42 Å². The highest BCUT2D eigenvalue weighted by Crippen LogP contribution is 2.17. The molecule has 0 saturated heterocycles. The maximum atomic E-state index is 10.7. The van der Waals surface area contributed by atoms with Crippen molar-refractivity contribution in [2.75, 3.05) is 6.26 Å². The zero-order chi connectivity index (χ0) is 9.61. The first-order valence-corrected chi connectivity index (χ1v) is 6.44. The van der Waals surface area contributed by atoms with Gasteiger partial charge in [-0.05, 0) is 12.8 Å². The van der Waals surface area contributed by atoms with Crippen molar-refractivity contribution >= 4 is 10.0 Å². The van der Waals surface area contributed by atoms with Crippen molar-refractivity contribution in [3.8, 4) is 0 Å². The van der Waals surface area contributed by atoms with E-state index >= 15 is 0 Å². The number of hydrogen-bond acceptors (Lipinski definition) is 2. The van der Waals surface area contributed by atoms with E-state index in [9.17, 15) is 8.42 Å². The van der Waals surface area contributed by atoms with Crippen LogP contribution >= 0.6 is 0 Å². The van der Waals surface area contributed by atoms with Crippen LogP contribution in [0.1, 0.15) is 39.5 Å². The van der Waals surface area contributed by atoms with Crippen LogP contribution in [0.15, 0.2) is 0 Å². The molecule has 0 amide bonds. The normalized spacial score (nSPS) is 18.6. The Morgan fingerprint density at radius 1 is 1.17 bits per heavy atom. The summed E-state index contributed by atoms with van der Waals surface area (Å²) in [6.07, 6.45) is 5.55. The zero-order valence-electron chi connectivity index (χ0n) is 8.13. The summed E-state index contributed by atoms with van der Waals surface area (Å²) in [6.45, 7) is 4.00. The maximum Gasteiger partial charge on any atom is 0.208 e. The lowest BCUT2D eigenvalue weighted by Crippen LogP contribution is -2.31. The molecule has 1 saturated carbocycles. The number of hydrogen-bond donors (Lipinski definition) is 1. The second-order valence-corrected chi connectivity index (χ2v) is 4.65. The van der Waals surface area contributed by atoms with Crippen molar-refractivity contribution in [1.29, 1.82) is 0 Å². The Hall–Kier alpha value is -0.0900. The van der Waals surface area contributed by atoms with E-state index in [1.807, 2.05) is 13.8 Å². The van der Waals surface area contributed by atoms with Gasteiger partial charge in [0.25, 0.3) is 0 Å². The second kappa shape index (κ2) is 5.54. The standard InChI is InChI=1S/C6H13NO2S.C2H6/c1-10(8,9)7-6-4-2-3-5-6;1-2/h6-7H,2-5H2,1H3;1-2H3. The molecule has 0 bridgehead atoms. The summed E-state index contributed by atoms with van der Waals surface area (Å²) < 4.78 is 23.9. The minimum absolute atomic E-state index is 0.218. The molecule has 0 unspecified atom stereocenters. The molecule has 0 spiro atoms. The van der Waals surface area contributed by atoms with Crippen molar-refractivity contribution in [1.82, 2.24) is 4.72 Å². The van der Waals surface area contributed by atoms with Gasteiger partial charge in [0, 0.05) is 6.04 Å². The molecule has 0 atom stereocenters. The van der Waals surface area contributed by atoms with E-state index in [1.165, 1.54) is 6.26 Å². The third-order valence-electron chi connectivity index (χ3n) is 1.74. The molecule has 4 heteroatoms. The van der Waals surface area contributed by atoms with E-state index < -0.39 is 10.0 Å². The summed E-state index contributed by atoms with van der Waals surface area (Å²) in [6, 6.07) is 0.218. The van der Waals surface area contributed by atoms with Gasteiger partial charge in [-0.1, -0.05) is 26.7 Å².